The van der Waals surface area contributed by atoms with Crippen LogP contribution in [0.15, 0.2) is 36.4 Å². The van der Waals surface area contributed by atoms with Crippen LogP contribution in [0.25, 0.3) is 0 Å². The third kappa shape index (κ3) is 8.14. The Morgan fingerprint density at radius 2 is 1.78 bits per heavy atom. The van der Waals surface area contributed by atoms with E-state index >= 15 is 0 Å². The monoisotopic (exact) mass is 514 g/mol. The molecule has 10 heteroatoms. The molecule has 202 valence electrons. The normalized spacial score (nSPS) is 14.9. The van der Waals surface area contributed by atoms with E-state index < -0.39 is 12.7 Å². The second-order valence-corrected chi connectivity index (χ2v) is 9.88. The number of carbonyl (C=O) groups is 2. The molecule has 1 aromatic carbocycles. The maximum Gasteiger partial charge on any atom is 0.409 e. The van der Waals surface area contributed by atoms with E-state index in [0.29, 0.717) is 51.3 Å². The maximum absolute atomic E-state index is 12.9. The van der Waals surface area contributed by atoms with E-state index in [1.165, 1.54) is 12.1 Å². The molecule has 10 nitrogen and oxygen atoms in total. The highest BCUT2D eigenvalue weighted by Gasteiger charge is 2.25. The third-order valence-electron chi connectivity index (χ3n) is 6.39. The van der Waals surface area contributed by atoms with Gasteiger partial charge in [0.05, 0.1) is 25.3 Å². The Morgan fingerprint density at radius 3 is 2.46 bits per heavy atom. The molecule has 0 saturated carbocycles. The van der Waals surface area contributed by atoms with Crippen molar-refractivity contribution in [1.82, 2.24) is 20.1 Å². The molecule has 0 spiro atoms. The van der Waals surface area contributed by atoms with Gasteiger partial charge in [0.25, 0.3) is 0 Å². The van der Waals surface area contributed by atoms with Crippen molar-refractivity contribution in [1.29, 1.82) is 0 Å². The van der Waals surface area contributed by atoms with Gasteiger partial charge >= 0.3 is 6.09 Å². The molecular formula is C27H38N4O6. The van der Waals surface area contributed by atoms with Crippen LogP contribution < -0.4 is 5.32 Å². The summed E-state index contributed by atoms with van der Waals surface area (Å²) in [5, 5.41) is 32.9. The van der Waals surface area contributed by atoms with Gasteiger partial charge in [-0.05, 0) is 50.5 Å². The summed E-state index contributed by atoms with van der Waals surface area (Å²) in [5.41, 5.74) is 2.13. The number of nitrogens with zero attached hydrogens (tertiary/aromatic N) is 3. The summed E-state index contributed by atoms with van der Waals surface area (Å²) < 4.78 is 5.04. The Morgan fingerprint density at radius 1 is 1.11 bits per heavy atom. The molecule has 1 aromatic heterocycles. The zero-order valence-corrected chi connectivity index (χ0v) is 21.8. The van der Waals surface area contributed by atoms with Crippen LogP contribution in [0.2, 0.25) is 0 Å². The van der Waals surface area contributed by atoms with Crippen molar-refractivity contribution in [2.75, 3.05) is 39.3 Å². The molecule has 37 heavy (non-hydrogen) atoms. The summed E-state index contributed by atoms with van der Waals surface area (Å²) in [6.07, 6.45) is -0.275. The Hall–Kier alpha value is -3.21. The predicted octanol–water partition coefficient (Wildman–Crippen LogP) is 1.77. The molecule has 1 aliphatic rings. The first-order valence-corrected chi connectivity index (χ1v) is 12.6. The molecule has 2 heterocycles. The van der Waals surface area contributed by atoms with Crippen molar-refractivity contribution in [3.8, 4) is 5.75 Å². The van der Waals surface area contributed by atoms with Gasteiger partial charge in [0.2, 0.25) is 5.91 Å². The van der Waals surface area contributed by atoms with Crippen molar-refractivity contribution in [2.24, 2.45) is 0 Å². The molecule has 1 fully saturated rings. The van der Waals surface area contributed by atoms with Gasteiger partial charge < -0.3 is 35.2 Å². The molecule has 4 N–H and O–H groups in total. The number of aliphatic hydroxyl groups excluding tert-OH is 2. The van der Waals surface area contributed by atoms with E-state index in [2.05, 4.69) is 10.3 Å². The Kier molecular flexibility index (Phi) is 9.85. The molecule has 1 aliphatic heterocycles. The fourth-order valence-electron chi connectivity index (χ4n) is 4.35. The van der Waals surface area contributed by atoms with E-state index in [4.69, 9.17) is 4.74 Å². The zero-order chi connectivity index (χ0) is 27.0. The first-order chi connectivity index (χ1) is 17.6. The zero-order valence-electron chi connectivity index (χ0n) is 21.8. The molecule has 1 saturated heterocycles. The second-order valence-electron chi connectivity index (χ2n) is 9.88. The molecule has 0 aliphatic carbocycles. The fraction of sp³-hybridized carbons (Fsp3) is 0.519. The molecular weight excluding hydrogens is 476 g/mol. The van der Waals surface area contributed by atoms with Gasteiger partial charge in [-0.2, -0.15) is 0 Å². The van der Waals surface area contributed by atoms with Gasteiger partial charge in [-0.15, -0.1) is 0 Å². The number of aromatic nitrogens is 1. The van der Waals surface area contributed by atoms with Gasteiger partial charge in [0.1, 0.15) is 17.5 Å². The van der Waals surface area contributed by atoms with E-state index in [-0.39, 0.29) is 35.5 Å². The lowest BCUT2D eigenvalue weighted by Crippen LogP contribution is -2.51. The van der Waals surface area contributed by atoms with Crippen LogP contribution in [0.4, 0.5) is 4.79 Å². The van der Waals surface area contributed by atoms with Crippen LogP contribution in [-0.2, 0) is 29.0 Å². The van der Waals surface area contributed by atoms with Gasteiger partial charge in [-0.25, -0.2) is 9.78 Å². The first kappa shape index (κ1) is 28.4. The van der Waals surface area contributed by atoms with Crippen LogP contribution in [0.5, 0.6) is 5.75 Å². The third-order valence-corrected chi connectivity index (χ3v) is 6.39. The van der Waals surface area contributed by atoms with Crippen molar-refractivity contribution in [3.05, 3.63) is 58.9 Å². The predicted molar refractivity (Wildman–Crippen MR) is 138 cm³/mol. The van der Waals surface area contributed by atoms with E-state index in [0.717, 1.165) is 11.1 Å². The van der Waals surface area contributed by atoms with Crippen LogP contribution in [0, 0.1) is 0 Å². The highest BCUT2D eigenvalue weighted by atomic mass is 16.6. The van der Waals surface area contributed by atoms with Crippen LogP contribution in [0.1, 0.15) is 49.4 Å². The SMILES string of the molecule is CCOC(=O)N1CCN(C(=O)Cc2cccc(CC(C)(C)NCC(O)c3ccc(O)c(CO)n3)c2)CC1. The number of benzene rings is 1. The molecule has 0 bridgehead atoms. The minimum Gasteiger partial charge on any atom is -0.506 e. The molecule has 1 atom stereocenters. The average molecular weight is 515 g/mol. The Labute approximate surface area is 217 Å². The van der Waals surface area contributed by atoms with Crippen LogP contribution in [0.3, 0.4) is 0 Å². The molecule has 3 rings (SSSR count). The number of carbonyl (C=O) groups excluding carboxylic acids is 2. The quantitative estimate of drug-likeness (QED) is 0.377. The summed E-state index contributed by atoms with van der Waals surface area (Å²) in [6.45, 7) is 7.93. The molecule has 1 unspecified atom stereocenters. The minimum absolute atomic E-state index is 0.0322. The standard InChI is InChI=1S/C27H38N4O6/c1-4-37-26(36)31-12-10-30(11-13-31)25(35)15-19-6-5-7-20(14-19)16-27(2,3)28-17-24(34)21-8-9-23(33)22(18-32)29-21/h5-9,14,24,28,32-34H,4,10-13,15-18H2,1-3H3. The van der Waals surface area contributed by atoms with Crippen molar-refractivity contribution >= 4 is 12.0 Å². The van der Waals surface area contributed by atoms with Crippen LogP contribution >= 0.6 is 0 Å². The number of aliphatic hydroxyl groups is 2. The molecule has 2 aromatic rings. The summed E-state index contributed by atoms with van der Waals surface area (Å²) >= 11 is 0. The lowest BCUT2D eigenvalue weighted by atomic mass is 9.93. The van der Waals surface area contributed by atoms with Crippen molar-refractivity contribution in [3.63, 3.8) is 0 Å². The van der Waals surface area contributed by atoms with Gasteiger partial charge in [-0.3, -0.25) is 4.79 Å². The Bertz CT molecular complexity index is 1070. The van der Waals surface area contributed by atoms with Crippen molar-refractivity contribution < 1.29 is 29.6 Å². The smallest absolute Gasteiger partial charge is 0.409 e. The summed E-state index contributed by atoms with van der Waals surface area (Å²) in [5.74, 6) is -0.0751. The lowest BCUT2D eigenvalue weighted by Gasteiger charge is -2.34. The maximum atomic E-state index is 12.9. The number of ether oxygens (including phenoxy) is 1. The number of aromatic hydroxyl groups is 1. The van der Waals surface area contributed by atoms with Gasteiger partial charge in [-0.1, -0.05) is 24.3 Å². The first-order valence-electron chi connectivity index (χ1n) is 12.6. The molecule has 0 radical (unpaired) electrons. The number of amides is 2. The summed E-state index contributed by atoms with van der Waals surface area (Å²) in [7, 11) is 0. The number of pyridine rings is 1. The largest absolute Gasteiger partial charge is 0.506 e. The second kappa shape index (κ2) is 12.8. The number of hydrogen-bond acceptors (Lipinski definition) is 8. The highest BCUT2D eigenvalue weighted by molar-refractivity contribution is 5.79. The van der Waals surface area contributed by atoms with E-state index in [9.17, 15) is 24.9 Å². The van der Waals surface area contributed by atoms with Gasteiger partial charge in [0, 0.05) is 38.3 Å². The fourth-order valence-corrected chi connectivity index (χ4v) is 4.35. The summed E-state index contributed by atoms with van der Waals surface area (Å²) in [4.78, 5) is 32.3. The number of hydrogen-bond donors (Lipinski definition) is 4. The number of piperazine rings is 1. The molecule has 2 amide bonds. The minimum atomic E-state index is -0.904. The number of rotatable bonds is 10. The Balaban J connectivity index is 1.52. The topological polar surface area (TPSA) is 135 Å². The van der Waals surface area contributed by atoms with Gasteiger partial charge in [0.15, 0.2) is 0 Å². The highest BCUT2D eigenvalue weighted by Crippen LogP contribution is 2.20. The summed E-state index contributed by atoms with van der Waals surface area (Å²) in [6, 6.07) is 10.9. The number of nitrogens with one attached hydrogen (secondary N) is 1. The number of β-amino-alcohol motifs (C(OH)–C–C–N with tert-alkyl or cyclic N) is 1. The van der Waals surface area contributed by atoms with Crippen LogP contribution in [-0.4, -0.2) is 87.0 Å². The van der Waals surface area contributed by atoms with Crippen molar-refractivity contribution in [2.45, 2.75) is 51.9 Å². The average Bonchev–Trinajstić information content (AvgIpc) is 2.87. The van der Waals surface area contributed by atoms with E-state index in [1.807, 2.05) is 38.1 Å². The lowest BCUT2D eigenvalue weighted by molar-refractivity contribution is -0.132. The van der Waals surface area contributed by atoms with E-state index in [1.54, 1.807) is 16.7 Å².